The van der Waals surface area contributed by atoms with E-state index in [1.165, 1.54) is 0 Å². The highest BCUT2D eigenvalue weighted by Gasteiger charge is 2.23. The number of nitrogens with zero attached hydrogens (tertiary/aromatic N) is 4. The highest BCUT2D eigenvalue weighted by Crippen LogP contribution is 2.18. The molecule has 3 rings (SSSR count). The summed E-state index contributed by atoms with van der Waals surface area (Å²) in [4.78, 5) is 31.2. The zero-order valence-electron chi connectivity index (χ0n) is 17.6. The lowest BCUT2D eigenvalue weighted by molar-refractivity contribution is -0.139. The van der Waals surface area contributed by atoms with Gasteiger partial charge in [0.1, 0.15) is 0 Å². The van der Waals surface area contributed by atoms with Crippen LogP contribution in [0.25, 0.3) is 0 Å². The van der Waals surface area contributed by atoms with Crippen molar-refractivity contribution in [2.24, 2.45) is 10.7 Å². The Bertz CT molecular complexity index is 812. The van der Waals surface area contributed by atoms with Crippen LogP contribution in [0.5, 0.6) is 0 Å². The van der Waals surface area contributed by atoms with Crippen LogP contribution in [0, 0.1) is 24.3 Å². The zero-order chi connectivity index (χ0) is 23.1. The Hall–Kier alpha value is -3.04. The van der Waals surface area contributed by atoms with Gasteiger partial charge in [0.05, 0.1) is 12.2 Å². The van der Waals surface area contributed by atoms with Gasteiger partial charge in [-0.2, -0.15) is 5.26 Å². The number of amides is 2. The van der Waals surface area contributed by atoms with E-state index in [9.17, 15) is 9.59 Å². The molecule has 1 aromatic rings. The van der Waals surface area contributed by atoms with Crippen LogP contribution in [0.3, 0.4) is 0 Å². The summed E-state index contributed by atoms with van der Waals surface area (Å²) in [6, 6.07) is 7.30. The van der Waals surface area contributed by atoms with E-state index in [1.807, 2.05) is 17.0 Å². The second kappa shape index (κ2) is 14.9. The minimum Gasteiger partial charge on any atom is -0.369 e. The lowest BCUT2D eigenvalue weighted by Gasteiger charge is -2.23. The molecule has 0 radical (unpaired) electrons. The third kappa shape index (κ3) is 10.0. The molecule has 166 valence electrons. The minimum absolute atomic E-state index is 0.0839. The van der Waals surface area contributed by atoms with E-state index >= 15 is 0 Å². The average molecular weight is 489 g/mol. The molecule has 0 unspecified atom stereocenters. The fourth-order valence-corrected chi connectivity index (χ4v) is 3.59. The number of nitriles is 1. The van der Waals surface area contributed by atoms with Gasteiger partial charge in [-0.05, 0) is 43.9 Å². The molecular weight excluding hydrogens is 460 g/mol. The largest absolute Gasteiger partial charge is 0.369 e. The summed E-state index contributed by atoms with van der Waals surface area (Å²) >= 11 is 3.30. The summed E-state index contributed by atoms with van der Waals surface area (Å²) in [5, 5.41) is 10.5. The normalized spacial score (nSPS) is 16.1. The predicted molar refractivity (Wildman–Crippen MR) is 125 cm³/mol. The molecule has 2 saturated heterocycles. The zero-order valence-corrected chi connectivity index (χ0v) is 19.2. The Morgan fingerprint density at radius 3 is 2.52 bits per heavy atom. The molecule has 2 fully saturated rings. The van der Waals surface area contributed by atoms with Crippen molar-refractivity contribution in [3.8, 4) is 19.0 Å². The summed E-state index contributed by atoms with van der Waals surface area (Å²) in [6.07, 6.45) is 15.7. The van der Waals surface area contributed by atoms with Crippen molar-refractivity contribution >= 4 is 39.4 Å². The monoisotopic (exact) mass is 488 g/mol. The topological polar surface area (TPSA) is 115 Å². The number of benzene rings is 1. The van der Waals surface area contributed by atoms with Gasteiger partial charge in [-0.15, -0.1) is 12.8 Å². The molecule has 2 aliphatic heterocycles. The van der Waals surface area contributed by atoms with E-state index in [0.29, 0.717) is 18.7 Å². The van der Waals surface area contributed by atoms with Crippen LogP contribution in [-0.2, 0) is 9.59 Å². The van der Waals surface area contributed by atoms with Crippen LogP contribution in [0.2, 0.25) is 0 Å². The average Bonchev–Trinajstić information content (AvgIpc) is 3.22. The molecular formula is C22H29BrN6O2. The van der Waals surface area contributed by atoms with Gasteiger partial charge >= 0.3 is 0 Å². The smallest absolute Gasteiger partial charge is 0.242 e. The van der Waals surface area contributed by atoms with Gasteiger partial charge < -0.3 is 15.5 Å². The molecule has 1 aromatic carbocycles. The molecule has 31 heavy (non-hydrogen) atoms. The van der Waals surface area contributed by atoms with Gasteiger partial charge in [-0.3, -0.25) is 14.9 Å². The van der Waals surface area contributed by atoms with Crippen molar-refractivity contribution in [2.45, 2.75) is 38.5 Å². The van der Waals surface area contributed by atoms with Crippen molar-refractivity contribution in [3.63, 3.8) is 0 Å². The van der Waals surface area contributed by atoms with E-state index in [2.05, 4.69) is 39.1 Å². The number of rotatable bonds is 3. The van der Waals surface area contributed by atoms with E-state index in [4.69, 9.17) is 11.0 Å². The molecule has 0 spiro atoms. The maximum absolute atomic E-state index is 11.9. The molecule has 8 nitrogen and oxygen atoms in total. The lowest BCUT2D eigenvalue weighted by Crippen LogP contribution is -2.41. The Labute approximate surface area is 192 Å². The molecule has 2 heterocycles. The van der Waals surface area contributed by atoms with Crippen LogP contribution < -0.4 is 11.1 Å². The SMILES string of the molecule is C#C.N#CNC(N)=Nc1cccc(Br)c1.O=C(CN1CCCCCC1=O)N1CCCC1. The maximum atomic E-state index is 11.9. The van der Waals surface area contributed by atoms with Crippen LogP contribution in [0.15, 0.2) is 33.7 Å². The number of nitrogens with one attached hydrogen (secondary N) is 1. The predicted octanol–water partition coefficient (Wildman–Crippen LogP) is 2.73. The second-order valence-corrected chi connectivity index (χ2v) is 7.84. The number of guanidine groups is 1. The third-order valence-electron chi connectivity index (χ3n) is 4.70. The number of carbonyl (C=O) groups is 2. The van der Waals surface area contributed by atoms with Gasteiger partial charge in [0, 0.05) is 30.5 Å². The number of likely N-dealkylation sites (tertiary alicyclic amines) is 2. The lowest BCUT2D eigenvalue weighted by atomic mass is 10.2. The molecule has 0 saturated carbocycles. The fraction of sp³-hybridized carbons (Fsp3) is 0.455. The maximum Gasteiger partial charge on any atom is 0.242 e. The summed E-state index contributed by atoms with van der Waals surface area (Å²) in [7, 11) is 0. The number of nitrogens with two attached hydrogens (primary N) is 1. The highest BCUT2D eigenvalue weighted by atomic mass is 79.9. The molecule has 0 bridgehead atoms. The minimum atomic E-state index is 0.0839. The molecule has 9 heteroatoms. The van der Waals surface area contributed by atoms with Gasteiger partial charge in [0.25, 0.3) is 0 Å². The molecule has 3 N–H and O–H groups in total. The van der Waals surface area contributed by atoms with Gasteiger partial charge in [0.2, 0.25) is 17.8 Å². The third-order valence-corrected chi connectivity index (χ3v) is 5.19. The van der Waals surface area contributed by atoms with Crippen molar-refractivity contribution < 1.29 is 9.59 Å². The molecule has 0 aromatic heterocycles. The quantitative estimate of drug-likeness (QED) is 0.223. The number of aliphatic imine (C=N–C) groups is 1. The number of carbonyl (C=O) groups excluding carboxylic acids is 2. The standard InChI is InChI=1S/C12H20N2O2.C8H7BrN4.C2H2/c15-11-6-2-1-3-9-14(11)10-12(16)13-7-4-5-8-13;9-6-2-1-3-7(4-6)13-8(11)12-5-10;1-2/h1-10H2;1-4H,(H3,11,12,13);1-2H. The van der Waals surface area contributed by atoms with Crippen molar-refractivity contribution in [3.05, 3.63) is 28.7 Å². The summed E-state index contributed by atoms with van der Waals surface area (Å²) < 4.78 is 0.915. The second-order valence-electron chi connectivity index (χ2n) is 6.93. The highest BCUT2D eigenvalue weighted by molar-refractivity contribution is 9.10. The number of hydrogen-bond donors (Lipinski definition) is 2. The first kappa shape index (κ1) is 26.0. The van der Waals surface area contributed by atoms with Crippen LogP contribution in [0.1, 0.15) is 38.5 Å². The summed E-state index contributed by atoms with van der Waals surface area (Å²) in [5.41, 5.74) is 6.06. The van der Waals surface area contributed by atoms with Crippen molar-refractivity contribution in [1.82, 2.24) is 15.1 Å². The van der Waals surface area contributed by atoms with Gasteiger partial charge in [-0.25, -0.2) is 4.99 Å². The van der Waals surface area contributed by atoms with E-state index in [0.717, 1.165) is 56.2 Å². The Morgan fingerprint density at radius 1 is 1.19 bits per heavy atom. The fourth-order valence-electron chi connectivity index (χ4n) is 3.21. The Morgan fingerprint density at radius 2 is 1.87 bits per heavy atom. The van der Waals surface area contributed by atoms with Crippen LogP contribution in [0.4, 0.5) is 5.69 Å². The van der Waals surface area contributed by atoms with Crippen molar-refractivity contribution in [1.29, 1.82) is 5.26 Å². The first-order valence-corrected chi connectivity index (χ1v) is 10.9. The van der Waals surface area contributed by atoms with Crippen LogP contribution in [-0.4, -0.2) is 53.8 Å². The van der Waals surface area contributed by atoms with Gasteiger partial charge in [0.15, 0.2) is 6.19 Å². The molecule has 2 aliphatic rings. The Kier molecular flexibility index (Phi) is 12.5. The first-order chi connectivity index (χ1) is 15.0. The molecule has 0 aliphatic carbocycles. The first-order valence-electron chi connectivity index (χ1n) is 10.1. The Balaban J connectivity index is 0.000000293. The van der Waals surface area contributed by atoms with E-state index in [1.54, 1.807) is 23.2 Å². The van der Waals surface area contributed by atoms with Crippen molar-refractivity contribution in [2.75, 3.05) is 26.2 Å². The van der Waals surface area contributed by atoms with E-state index in [-0.39, 0.29) is 17.8 Å². The molecule has 0 atom stereocenters. The van der Waals surface area contributed by atoms with E-state index < -0.39 is 0 Å². The number of halogens is 1. The summed E-state index contributed by atoms with van der Waals surface area (Å²) in [6.45, 7) is 2.82. The molecule has 2 amide bonds. The van der Waals surface area contributed by atoms with Crippen LogP contribution >= 0.6 is 15.9 Å². The van der Waals surface area contributed by atoms with Gasteiger partial charge in [-0.1, -0.05) is 28.4 Å². The number of hydrogen-bond acceptors (Lipinski definition) is 4. The number of terminal acetylenes is 1. The summed E-state index contributed by atoms with van der Waals surface area (Å²) in [5.74, 6) is 0.374.